The minimum absolute atomic E-state index is 0.00135. The molecule has 0 heterocycles. The maximum atomic E-state index is 13.1. The summed E-state index contributed by atoms with van der Waals surface area (Å²) in [6.45, 7) is 7.62. The molecular weight excluding hydrogens is 426 g/mol. The highest BCUT2D eigenvalue weighted by molar-refractivity contribution is 6.20. The van der Waals surface area contributed by atoms with Crippen LogP contribution in [0.4, 0.5) is 10.5 Å². The molecule has 0 aliphatic heterocycles. The van der Waals surface area contributed by atoms with Crippen molar-refractivity contribution in [1.82, 2.24) is 10.2 Å². The Labute approximate surface area is 202 Å². The van der Waals surface area contributed by atoms with Gasteiger partial charge in [0.2, 0.25) is 0 Å². The molecule has 0 aromatic heterocycles. The summed E-state index contributed by atoms with van der Waals surface area (Å²) in [5.74, 6) is 1.15. The van der Waals surface area contributed by atoms with Crippen LogP contribution in [0.25, 0.3) is 5.57 Å². The molecule has 3 atom stereocenters. The molecule has 6 heteroatoms. The maximum Gasteiger partial charge on any atom is 0.321 e. The molecule has 2 aliphatic carbocycles. The molecule has 2 aromatic carbocycles. The summed E-state index contributed by atoms with van der Waals surface area (Å²) in [6, 6.07) is 15.6. The number of methoxy groups -OCH3 is 1. The van der Waals surface area contributed by atoms with Crippen molar-refractivity contribution >= 4 is 23.2 Å². The van der Waals surface area contributed by atoms with E-state index in [0.717, 1.165) is 30.4 Å². The van der Waals surface area contributed by atoms with E-state index in [1.807, 2.05) is 48.2 Å². The number of anilines is 1. The second-order valence-electron chi connectivity index (χ2n) is 9.72. The lowest BCUT2D eigenvalue weighted by atomic mass is 9.84. The fourth-order valence-electron chi connectivity index (χ4n) is 4.76. The van der Waals surface area contributed by atoms with Crippen LogP contribution in [-0.4, -0.2) is 43.1 Å². The van der Waals surface area contributed by atoms with Gasteiger partial charge in [0, 0.05) is 36.5 Å². The van der Waals surface area contributed by atoms with Gasteiger partial charge in [0.05, 0.1) is 7.11 Å². The fraction of sp³-hybridized carbons (Fsp3) is 0.429. The van der Waals surface area contributed by atoms with Gasteiger partial charge < -0.3 is 20.3 Å². The average molecular weight is 462 g/mol. The Bertz CT molecular complexity index is 1100. The molecule has 0 saturated heterocycles. The molecule has 2 aliphatic rings. The molecule has 34 heavy (non-hydrogen) atoms. The molecule has 6 nitrogen and oxygen atoms in total. The number of benzene rings is 2. The number of rotatable bonds is 8. The molecule has 0 bridgehead atoms. The van der Waals surface area contributed by atoms with Gasteiger partial charge in [-0.1, -0.05) is 50.3 Å². The smallest absolute Gasteiger partial charge is 0.321 e. The van der Waals surface area contributed by atoms with E-state index in [9.17, 15) is 9.59 Å². The van der Waals surface area contributed by atoms with Crippen LogP contribution < -0.4 is 15.4 Å². The molecule has 3 unspecified atom stereocenters. The van der Waals surface area contributed by atoms with E-state index in [2.05, 4.69) is 36.6 Å². The second-order valence-corrected chi connectivity index (χ2v) is 9.72. The molecule has 0 spiro atoms. The van der Waals surface area contributed by atoms with Crippen molar-refractivity contribution in [3.8, 4) is 5.75 Å². The lowest BCUT2D eigenvalue weighted by molar-refractivity contribution is -0.116. The summed E-state index contributed by atoms with van der Waals surface area (Å²) in [5.41, 5.74) is 3.79. The second kappa shape index (κ2) is 9.92. The van der Waals surface area contributed by atoms with E-state index in [1.54, 1.807) is 13.2 Å². The summed E-state index contributed by atoms with van der Waals surface area (Å²) in [6.07, 6.45) is 4.72. The van der Waals surface area contributed by atoms with Crippen molar-refractivity contribution in [2.75, 3.05) is 25.5 Å². The van der Waals surface area contributed by atoms with Crippen LogP contribution in [0, 0.1) is 5.41 Å². The minimum atomic E-state index is -0.126. The summed E-state index contributed by atoms with van der Waals surface area (Å²) in [5, 5.41) is 6.21. The summed E-state index contributed by atoms with van der Waals surface area (Å²) in [7, 11) is 1.61. The van der Waals surface area contributed by atoms with Crippen LogP contribution in [0.5, 0.6) is 5.75 Å². The number of fused-ring (bicyclic) bond motifs is 1. The molecule has 0 radical (unpaired) electrons. The first-order valence-corrected chi connectivity index (χ1v) is 12.1. The number of hydrogen-bond acceptors (Lipinski definition) is 3. The highest BCUT2D eigenvalue weighted by Gasteiger charge is 2.50. The highest BCUT2D eigenvalue weighted by Crippen LogP contribution is 2.49. The Morgan fingerprint density at radius 3 is 2.74 bits per heavy atom. The number of ether oxygens (including phenoxy) is 1. The largest absolute Gasteiger partial charge is 0.497 e. The Kier molecular flexibility index (Phi) is 6.96. The number of allylic oxidation sites excluding steroid dienone is 1. The Morgan fingerprint density at radius 1 is 1.18 bits per heavy atom. The Morgan fingerprint density at radius 2 is 1.97 bits per heavy atom. The third kappa shape index (κ3) is 5.11. The van der Waals surface area contributed by atoms with E-state index in [4.69, 9.17) is 4.74 Å². The molecular formula is C28H35N3O3. The van der Waals surface area contributed by atoms with Crippen LogP contribution >= 0.6 is 0 Å². The SMILES string of the molecule is CCN(CCC1(C)CC1NC(=O)C1=CCC(C)c2ccccc21)C(=O)Nc1cccc(OC)c1. The van der Waals surface area contributed by atoms with Crippen molar-refractivity contribution in [2.24, 2.45) is 5.41 Å². The molecule has 4 rings (SSSR count). The van der Waals surface area contributed by atoms with E-state index in [-0.39, 0.29) is 23.4 Å². The van der Waals surface area contributed by atoms with Gasteiger partial charge in [0.25, 0.3) is 5.91 Å². The molecule has 2 N–H and O–H groups in total. The zero-order valence-electron chi connectivity index (χ0n) is 20.6. The van der Waals surface area contributed by atoms with Gasteiger partial charge in [-0.25, -0.2) is 4.79 Å². The predicted molar refractivity (Wildman–Crippen MR) is 136 cm³/mol. The van der Waals surface area contributed by atoms with E-state index in [1.165, 1.54) is 5.56 Å². The monoisotopic (exact) mass is 461 g/mol. The topological polar surface area (TPSA) is 70.7 Å². The van der Waals surface area contributed by atoms with Crippen molar-refractivity contribution in [2.45, 2.75) is 52.0 Å². The van der Waals surface area contributed by atoms with Gasteiger partial charge in [0.1, 0.15) is 5.75 Å². The number of nitrogens with zero attached hydrogens (tertiary/aromatic N) is 1. The first kappa shape index (κ1) is 23.9. The summed E-state index contributed by atoms with van der Waals surface area (Å²) >= 11 is 0. The zero-order chi connectivity index (χ0) is 24.3. The van der Waals surface area contributed by atoms with Crippen LogP contribution in [0.15, 0.2) is 54.6 Å². The van der Waals surface area contributed by atoms with Gasteiger partial charge in [-0.15, -0.1) is 0 Å². The third-order valence-corrected chi connectivity index (χ3v) is 7.30. The fourth-order valence-corrected chi connectivity index (χ4v) is 4.76. The predicted octanol–water partition coefficient (Wildman–Crippen LogP) is 5.42. The normalized spacial score (nSPS) is 22.8. The van der Waals surface area contributed by atoms with Crippen LogP contribution in [0.3, 0.4) is 0 Å². The Hall–Kier alpha value is -3.28. The van der Waals surface area contributed by atoms with E-state index < -0.39 is 0 Å². The first-order valence-electron chi connectivity index (χ1n) is 12.1. The summed E-state index contributed by atoms with van der Waals surface area (Å²) in [4.78, 5) is 27.7. The number of hydrogen-bond donors (Lipinski definition) is 2. The zero-order valence-corrected chi connectivity index (χ0v) is 20.6. The van der Waals surface area contributed by atoms with Crippen molar-refractivity contribution < 1.29 is 14.3 Å². The van der Waals surface area contributed by atoms with Crippen LogP contribution in [0.1, 0.15) is 57.1 Å². The van der Waals surface area contributed by atoms with Gasteiger partial charge in [-0.3, -0.25) is 4.79 Å². The molecule has 1 fully saturated rings. The summed E-state index contributed by atoms with van der Waals surface area (Å²) < 4.78 is 5.23. The van der Waals surface area contributed by atoms with E-state index >= 15 is 0 Å². The molecule has 3 amide bonds. The molecule has 1 saturated carbocycles. The first-order chi connectivity index (χ1) is 16.3. The Balaban J connectivity index is 1.31. The van der Waals surface area contributed by atoms with Gasteiger partial charge in [-0.05, 0) is 60.8 Å². The van der Waals surface area contributed by atoms with Gasteiger partial charge in [-0.2, -0.15) is 0 Å². The molecule has 180 valence electrons. The third-order valence-electron chi connectivity index (χ3n) is 7.30. The number of carbonyl (C=O) groups is 2. The number of carbonyl (C=O) groups excluding carboxylic acids is 2. The van der Waals surface area contributed by atoms with Crippen molar-refractivity contribution in [1.29, 1.82) is 0 Å². The quantitative estimate of drug-likeness (QED) is 0.551. The standard InChI is InChI=1S/C28H35N3O3/c1-5-31(27(33)29-20-9-8-10-21(17-20)34-4)16-15-28(3)18-25(28)30-26(32)24-14-13-19(2)22-11-6-7-12-23(22)24/h6-12,14,17,19,25H,5,13,15-16,18H2,1-4H3,(H,29,33)(H,30,32). The number of urea groups is 1. The van der Waals surface area contributed by atoms with Crippen LogP contribution in [-0.2, 0) is 4.79 Å². The van der Waals surface area contributed by atoms with Gasteiger partial charge in [0.15, 0.2) is 0 Å². The lowest BCUT2D eigenvalue weighted by Gasteiger charge is -2.24. The average Bonchev–Trinajstić information content (AvgIpc) is 3.48. The van der Waals surface area contributed by atoms with E-state index in [0.29, 0.717) is 30.4 Å². The van der Waals surface area contributed by atoms with Crippen molar-refractivity contribution in [3.63, 3.8) is 0 Å². The highest BCUT2D eigenvalue weighted by atomic mass is 16.5. The van der Waals surface area contributed by atoms with Gasteiger partial charge >= 0.3 is 6.03 Å². The minimum Gasteiger partial charge on any atom is -0.497 e. The van der Waals surface area contributed by atoms with Crippen LogP contribution in [0.2, 0.25) is 0 Å². The number of nitrogens with one attached hydrogen (secondary N) is 2. The van der Waals surface area contributed by atoms with Crippen molar-refractivity contribution in [3.05, 3.63) is 65.7 Å². The lowest BCUT2D eigenvalue weighted by Crippen LogP contribution is -2.37. The molecule has 2 aromatic rings. The maximum absolute atomic E-state index is 13.1. The number of amides is 3.